The van der Waals surface area contributed by atoms with Crippen LogP contribution in [0.3, 0.4) is 0 Å². The summed E-state index contributed by atoms with van der Waals surface area (Å²) < 4.78 is 13.1. The summed E-state index contributed by atoms with van der Waals surface area (Å²) in [7, 11) is 3.30. The Morgan fingerprint density at radius 1 is 1.17 bits per heavy atom. The van der Waals surface area contributed by atoms with Crippen LogP contribution in [0.5, 0.6) is 0 Å². The van der Waals surface area contributed by atoms with Gasteiger partial charge in [-0.15, -0.1) is 0 Å². The van der Waals surface area contributed by atoms with E-state index in [1.165, 1.54) is 12.3 Å². The van der Waals surface area contributed by atoms with E-state index in [1.54, 1.807) is 19.0 Å². The normalized spacial score (nSPS) is 10.6. The molecule has 1 rings (SSSR count). The van der Waals surface area contributed by atoms with E-state index in [0.29, 0.717) is 12.1 Å². The van der Waals surface area contributed by atoms with Crippen molar-refractivity contribution in [3.63, 3.8) is 0 Å². The Labute approximate surface area is 101 Å². The maximum atomic E-state index is 13.1. The number of halogens is 1. The van der Waals surface area contributed by atoms with Crippen LogP contribution in [0.1, 0.15) is 5.56 Å². The summed E-state index contributed by atoms with van der Waals surface area (Å²) >= 11 is 0. The van der Waals surface area contributed by atoms with Crippen LogP contribution in [-0.4, -0.2) is 28.8 Å². The fraction of sp³-hybridized carbons (Fsp3) is 0.200. The van der Waals surface area contributed by atoms with Crippen molar-refractivity contribution in [2.24, 2.45) is 0 Å². The first kappa shape index (κ1) is 13.6. The number of hydrogen-bond donors (Lipinski definition) is 0. The molecule has 0 unspecified atom stereocenters. The topological polar surface area (TPSA) is 89.5 Å². The Morgan fingerprint density at radius 3 is 1.94 bits per heavy atom. The molecule has 8 heteroatoms. The van der Waals surface area contributed by atoms with Crippen molar-refractivity contribution >= 4 is 17.5 Å². The van der Waals surface area contributed by atoms with Crippen molar-refractivity contribution in [1.29, 1.82) is 0 Å². The SMILES string of the molecule is CN(C)/C=C/c1c([N+](=O)[O-])cc(F)cc1[N+](=O)[O-]. The minimum Gasteiger partial charge on any atom is -0.383 e. The van der Waals surface area contributed by atoms with Crippen LogP contribution in [0.2, 0.25) is 0 Å². The molecule has 7 nitrogen and oxygen atoms in total. The molecule has 96 valence electrons. The number of hydrogen-bond acceptors (Lipinski definition) is 5. The van der Waals surface area contributed by atoms with Crippen molar-refractivity contribution in [2.75, 3.05) is 14.1 Å². The molecule has 0 radical (unpaired) electrons. The molecule has 0 fully saturated rings. The number of benzene rings is 1. The van der Waals surface area contributed by atoms with Gasteiger partial charge in [-0.3, -0.25) is 20.2 Å². The van der Waals surface area contributed by atoms with Crippen molar-refractivity contribution < 1.29 is 14.2 Å². The zero-order valence-corrected chi connectivity index (χ0v) is 9.66. The third-order valence-corrected chi connectivity index (χ3v) is 2.03. The molecule has 0 heterocycles. The number of nitrogens with zero attached hydrogens (tertiary/aromatic N) is 3. The maximum absolute atomic E-state index is 13.1. The molecule has 0 bridgehead atoms. The summed E-state index contributed by atoms with van der Waals surface area (Å²) in [6.45, 7) is 0. The second kappa shape index (κ2) is 5.21. The molecule has 1 aromatic carbocycles. The highest BCUT2D eigenvalue weighted by Gasteiger charge is 2.25. The van der Waals surface area contributed by atoms with Crippen LogP contribution in [0.4, 0.5) is 15.8 Å². The van der Waals surface area contributed by atoms with Crippen LogP contribution in [0.25, 0.3) is 6.08 Å². The maximum Gasteiger partial charge on any atom is 0.286 e. The Kier molecular flexibility index (Phi) is 3.93. The lowest BCUT2D eigenvalue weighted by atomic mass is 10.1. The molecule has 0 aromatic heterocycles. The molecular weight excluding hydrogens is 245 g/mol. The zero-order valence-electron chi connectivity index (χ0n) is 9.66. The predicted octanol–water partition coefficient (Wildman–Crippen LogP) is 2.17. The van der Waals surface area contributed by atoms with Gasteiger partial charge in [0.15, 0.2) is 0 Å². The molecular formula is C10H10FN3O4. The van der Waals surface area contributed by atoms with Crippen LogP contribution < -0.4 is 0 Å². The zero-order chi connectivity index (χ0) is 13.9. The number of rotatable bonds is 4. The number of nitro groups is 2. The molecule has 0 saturated heterocycles. The largest absolute Gasteiger partial charge is 0.383 e. The highest BCUT2D eigenvalue weighted by molar-refractivity contribution is 5.70. The van der Waals surface area contributed by atoms with Gasteiger partial charge in [-0.05, 0) is 12.3 Å². The third-order valence-electron chi connectivity index (χ3n) is 2.03. The van der Waals surface area contributed by atoms with Gasteiger partial charge in [-0.2, -0.15) is 0 Å². The predicted molar refractivity (Wildman–Crippen MR) is 62.4 cm³/mol. The van der Waals surface area contributed by atoms with Gasteiger partial charge in [0.25, 0.3) is 11.4 Å². The fourth-order valence-electron chi connectivity index (χ4n) is 1.29. The molecule has 0 spiro atoms. The molecule has 0 atom stereocenters. The molecule has 0 aliphatic carbocycles. The lowest BCUT2D eigenvalue weighted by Gasteiger charge is -2.04. The molecule has 0 amide bonds. The van der Waals surface area contributed by atoms with Crippen molar-refractivity contribution in [2.45, 2.75) is 0 Å². The first-order valence-electron chi connectivity index (χ1n) is 4.80. The fourth-order valence-corrected chi connectivity index (χ4v) is 1.29. The van der Waals surface area contributed by atoms with E-state index in [9.17, 15) is 24.6 Å². The Bertz CT molecular complexity index is 493. The van der Waals surface area contributed by atoms with Crippen LogP contribution in [-0.2, 0) is 0 Å². The lowest BCUT2D eigenvalue weighted by molar-refractivity contribution is -0.394. The smallest absolute Gasteiger partial charge is 0.286 e. The van der Waals surface area contributed by atoms with Gasteiger partial charge in [0.05, 0.1) is 22.0 Å². The van der Waals surface area contributed by atoms with Gasteiger partial charge < -0.3 is 4.90 Å². The minimum atomic E-state index is -1.02. The Hall–Kier alpha value is -2.51. The van der Waals surface area contributed by atoms with Crippen molar-refractivity contribution in [3.8, 4) is 0 Å². The molecule has 0 aliphatic rings. The van der Waals surface area contributed by atoms with Gasteiger partial charge in [0, 0.05) is 14.1 Å². The van der Waals surface area contributed by atoms with E-state index < -0.39 is 27.0 Å². The average Bonchev–Trinajstić information content (AvgIpc) is 2.25. The highest BCUT2D eigenvalue weighted by atomic mass is 19.1. The van der Waals surface area contributed by atoms with E-state index in [2.05, 4.69) is 0 Å². The highest BCUT2D eigenvalue weighted by Crippen LogP contribution is 2.30. The molecule has 18 heavy (non-hydrogen) atoms. The van der Waals surface area contributed by atoms with Gasteiger partial charge >= 0.3 is 0 Å². The first-order chi connectivity index (χ1) is 8.32. The Morgan fingerprint density at radius 2 is 1.61 bits per heavy atom. The minimum absolute atomic E-state index is 0.236. The van der Waals surface area contributed by atoms with Gasteiger partial charge in [-0.1, -0.05) is 0 Å². The van der Waals surface area contributed by atoms with E-state index in [4.69, 9.17) is 0 Å². The lowest BCUT2D eigenvalue weighted by Crippen LogP contribution is -2.02. The summed E-state index contributed by atoms with van der Waals surface area (Å²) in [6, 6.07) is 1.31. The second-order valence-corrected chi connectivity index (χ2v) is 3.65. The summed E-state index contributed by atoms with van der Waals surface area (Å²) in [6.07, 6.45) is 2.61. The third kappa shape index (κ3) is 3.00. The van der Waals surface area contributed by atoms with Gasteiger partial charge in [0.1, 0.15) is 11.4 Å². The van der Waals surface area contributed by atoms with Gasteiger partial charge in [0.2, 0.25) is 0 Å². The standard InChI is InChI=1S/C10H10FN3O4/c1-12(2)4-3-8-9(13(15)16)5-7(11)6-10(8)14(17)18/h3-6H,1-2H3/b4-3+. The van der Waals surface area contributed by atoms with E-state index >= 15 is 0 Å². The first-order valence-corrected chi connectivity index (χ1v) is 4.80. The van der Waals surface area contributed by atoms with Crippen LogP contribution in [0, 0.1) is 26.0 Å². The number of nitro benzene ring substituents is 2. The molecule has 0 aliphatic heterocycles. The molecule has 0 N–H and O–H groups in total. The summed E-state index contributed by atoms with van der Waals surface area (Å²) in [4.78, 5) is 21.4. The second-order valence-electron chi connectivity index (χ2n) is 3.65. The van der Waals surface area contributed by atoms with E-state index in [0.717, 1.165) is 0 Å². The van der Waals surface area contributed by atoms with Crippen LogP contribution in [0.15, 0.2) is 18.3 Å². The van der Waals surface area contributed by atoms with E-state index in [1.807, 2.05) is 0 Å². The summed E-state index contributed by atoms with van der Waals surface area (Å²) in [5.41, 5.74) is -1.51. The van der Waals surface area contributed by atoms with Gasteiger partial charge in [-0.25, -0.2) is 4.39 Å². The average molecular weight is 255 g/mol. The monoisotopic (exact) mass is 255 g/mol. The summed E-state index contributed by atoms with van der Waals surface area (Å²) in [5.74, 6) is -1.02. The van der Waals surface area contributed by atoms with Crippen molar-refractivity contribution in [3.05, 3.63) is 49.9 Å². The van der Waals surface area contributed by atoms with Crippen LogP contribution >= 0.6 is 0 Å². The summed E-state index contributed by atoms with van der Waals surface area (Å²) in [5, 5.41) is 21.5. The molecule has 0 saturated carbocycles. The molecule has 1 aromatic rings. The van der Waals surface area contributed by atoms with E-state index in [-0.39, 0.29) is 5.56 Å². The quantitative estimate of drug-likeness (QED) is 0.607. The Balaban J connectivity index is 3.51. The van der Waals surface area contributed by atoms with Crippen molar-refractivity contribution in [1.82, 2.24) is 4.90 Å².